The highest BCUT2D eigenvalue weighted by Crippen LogP contribution is 2.16. The first-order chi connectivity index (χ1) is 10.2. The molecule has 112 valence electrons. The van der Waals surface area contributed by atoms with Gasteiger partial charge in [0, 0.05) is 22.8 Å². The first-order valence-corrected chi connectivity index (χ1v) is 8.08. The number of aromatic nitrogens is 1. The SMILES string of the molecule is CCNCc1cc(CC)nc(OCc2ccc(Br)cc2)c1. The van der Waals surface area contributed by atoms with Gasteiger partial charge in [0.05, 0.1) is 0 Å². The van der Waals surface area contributed by atoms with Crippen molar-refractivity contribution in [1.82, 2.24) is 10.3 Å². The molecule has 0 bridgehead atoms. The molecule has 3 nitrogen and oxygen atoms in total. The molecular weight excluding hydrogens is 328 g/mol. The predicted molar refractivity (Wildman–Crippen MR) is 89.5 cm³/mol. The smallest absolute Gasteiger partial charge is 0.214 e. The molecule has 0 spiro atoms. The lowest BCUT2D eigenvalue weighted by molar-refractivity contribution is 0.292. The van der Waals surface area contributed by atoms with Gasteiger partial charge in [-0.15, -0.1) is 0 Å². The fourth-order valence-electron chi connectivity index (χ4n) is 1.98. The molecule has 0 fully saturated rings. The number of aryl methyl sites for hydroxylation is 1. The highest BCUT2D eigenvalue weighted by atomic mass is 79.9. The Labute approximate surface area is 134 Å². The van der Waals surface area contributed by atoms with Crippen molar-refractivity contribution in [3.05, 3.63) is 57.7 Å². The van der Waals surface area contributed by atoms with E-state index in [1.54, 1.807) is 0 Å². The van der Waals surface area contributed by atoms with Crippen LogP contribution < -0.4 is 10.1 Å². The summed E-state index contributed by atoms with van der Waals surface area (Å²) in [7, 11) is 0. The molecule has 2 aromatic rings. The van der Waals surface area contributed by atoms with E-state index < -0.39 is 0 Å². The van der Waals surface area contributed by atoms with E-state index in [0.29, 0.717) is 12.5 Å². The van der Waals surface area contributed by atoms with Crippen LogP contribution in [0.4, 0.5) is 0 Å². The zero-order valence-corrected chi connectivity index (χ0v) is 14.1. The lowest BCUT2D eigenvalue weighted by atomic mass is 10.2. The van der Waals surface area contributed by atoms with Gasteiger partial charge in [-0.3, -0.25) is 0 Å². The van der Waals surface area contributed by atoms with Crippen molar-refractivity contribution in [3.8, 4) is 5.88 Å². The van der Waals surface area contributed by atoms with Gasteiger partial charge >= 0.3 is 0 Å². The summed E-state index contributed by atoms with van der Waals surface area (Å²) < 4.78 is 6.92. The Kier molecular flexibility index (Phi) is 6.21. The van der Waals surface area contributed by atoms with E-state index in [0.717, 1.165) is 35.2 Å². The van der Waals surface area contributed by atoms with Gasteiger partial charge in [0.25, 0.3) is 0 Å². The van der Waals surface area contributed by atoms with Gasteiger partial charge in [0.2, 0.25) is 5.88 Å². The molecule has 21 heavy (non-hydrogen) atoms. The van der Waals surface area contributed by atoms with Crippen LogP contribution >= 0.6 is 15.9 Å². The summed E-state index contributed by atoms with van der Waals surface area (Å²) in [5.41, 5.74) is 3.42. The maximum absolute atomic E-state index is 5.84. The molecule has 0 aliphatic heterocycles. The zero-order chi connectivity index (χ0) is 15.1. The van der Waals surface area contributed by atoms with E-state index >= 15 is 0 Å². The molecule has 0 aliphatic carbocycles. The molecule has 1 aromatic heterocycles. The number of nitrogens with zero attached hydrogens (tertiary/aromatic N) is 1. The Bertz CT molecular complexity index is 570. The van der Waals surface area contributed by atoms with E-state index in [4.69, 9.17) is 4.74 Å². The van der Waals surface area contributed by atoms with Crippen molar-refractivity contribution in [2.45, 2.75) is 33.4 Å². The fraction of sp³-hybridized carbons (Fsp3) is 0.353. The van der Waals surface area contributed by atoms with Crippen molar-refractivity contribution in [2.24, 2.45) is 0 Å². The van der Waals surface area contributed by atoms with Crippen LogP contribution in [0.3, 0.4) is 0 Å². The molecule has 2 rings (SSSR count). The molecular formula is C17H21BrN2O. The predicted octanol–water partition coefficient (Wildman–Crippen LogP) is 4.10. The Hall–Kier alpha value is -1.39. The molecule has 1 heterocycles. The normalized spacial score (nSPS) is 10.6. The molecule has 0 saturated carbocycles. The average Bonchev–Trinajstić information content (AvgIpc) is 2.52. The van der Waals surface area contributed by atoms with Crippen molar-refractivity contribution >= 4 is 15.9 Å². The van der Waals surface area contributed by atoms with E-state index in [-0.39, 0.29) is 0 Å². The lowest BCUT2D eigenvalue weighted by Gasteiger charge is -2.10. The second kappa shape index (κ2) is 8.15. The zero-order valence-electron chi connectivity index (χ0n) is 12.5. The topological polar surface area (TPSA) is 34.2 Å². The molecule has 1 aromatic carbocycles. The second-order valence-corrected chi connectivity index (χ2v) is 5.77. The van der Waals surface area contributed by atoms with Crippen LogP contribution in [0.1, 0.15) is 30.7 Å². The molecule has 1 N–H and O–H groups in total. The monoisotopic (exact) mass is 348 g/mol. The molecule has 0 atom stereocenters. The van der Waals surface area contributed by atoms with Crippen LogP contribution in [0.15, 0.2) is 40.9 Å². The maximum atomic E-state index is 5.84. The van der Waals surface area contributed by atoms with Crippen molar-refractivity contribution in [1.29, 1.82) is 0 Å². The lowest BCUT2D eigenvalue weighted by Crippen LogP contribution is -2.12. The van der Waals surface area contributed by atoms with E-state index in [2.05, 4.69) is 46.1 Å². The number of hydrogen-bond donors (Lipinski definition) is 1. The Balaban J connectivity index is 2.05. The fourth-order valence-corrected chi connectivity index (χ4v) is 2.25. The molecule has 0 aliphatic rings. The summed E-state index contributed by atoms with van der Waals surface area (Å²) >= 11 is 3.43. The van der Waals surface area contributed by atoms with Crippen molar-refractivity contribution in [2.75, 3.05) is 6.54 Å². The summed E-state index contributed by atoms with van der Waals surface area (Å²) in [6.45, 7) is 6.55. The van der Waals surface area contributed by atoms with Gasteiger partial charge in [-0.25, -0.2) is 4.98 Å². The molecule has 0 unspecified atom stereocenters. The van der Waals surface area contributed by atoms with Crippen LogP contribution in [0, 0.1) is 0 Å². The molecule has 0 radical (unpaired) electrons. The number of rotatable bonds is 7. The van der Waals surface area contributed by atoms with Gasteiger partial charge < -0.3 is 10.1 Å². The van der Waals surface area contributed by atoms with E-state index in [9.17, 15) is 0 Å². The number of nitrogens with one attached hydrogen (secondary N) is 1. The third-order valence-corrected chi connectivity index (χ3v) is 3.68. The van der Waals surface area contributed by atoms with E-state index in [1.165, 1.54) is 5.56 Å². The first-order valence-electron chi connectivity index (χ1n) is 7.29. The van der Waals surface area contributed by atoms with Gasteiger partial charge in [-0.05, 0) is 42.3 Å². The number of benzene rings is 1. The van der Waals surface area contributed by atoms with Gasteiger partial charge in [0.1, 0.15) is 6.61 Å². The van der Waals surface area contributed by atoms with Crippen LogP contribution in [0.2, 0.25) is 0 Å². The van der Waals surface area contributed by atoms with Crippen LogP contribution in [0.5, 0.6) is 5.88 Å². The summed E-state index contributed by atoms with van der Waals surface area (Å²) in [5.74, 6) is 0.699. The van der Waals surface area contributed by atoms with Gasteiger partial charge in [-0.1, -0.05) is 41.9 Å². The average molecular weight is 349 g/mol. The molecule has 0 amide bonds. The van der Waals surface area contributed by atoms with Crippen LogP contribution in [0.25, 0.3) is 0 Å². The highest BCUT2D eigenvalue weighted by molar-refractivity contribution is 9.10. The largest absolute Gasteiger partial charge is 0.473 e. The number of hydrogen-bond acceptors (Lipinski definition) is 3. The standard InChI is InChI=1S/C17H21BrN2O/c1-3-16-9-14(11-19-4-2)10-17(20-16)21-12-13-5-7-15(18)8-6-13/h5-10,19H,3-4,11-12H2,1-2H3. The second-order valence-electron chi connectivity index (χ2n) is 4.85. The molecule has 4 heteroatoms. The summed E-state index contributed by atoms with van der Waals surface area (Å²) in [6, 6.07) is 12.3. The molecule has 0 saturated heterocycles. The Morgan fingerprint density at radius 3 is 2.52 bits per heavy atom. The summed E-state index contributed by atoms with van der Waals surface area (Å²) in [6.07, 6.45) is 0.911. The number of ether oxygens (including phenoxy) is 1. The maximum Gasteiger partial charge on any atom is 0.214 e. The number of pyridine rings is 1. The highest BCUT2D eigenvalue weighted by Gasteiger charge is 2.03. The third kappa shape index (κ3) is 5.14. The minimum atomic E-state index is 0.536. The van der Waals surface area contributed by atoms with Crippen LogP contribution in [-0.2, 0) is 19.6 Å². The third-order valence-electron chi connectivity index (χ3n) is 3.16. The summed E-state index contributed by atoms with van der Waals surface area (Å²) in [5, 5.41) is 3.33. The first kappa shape index (κ1) is 16.0. The Morgan fingerprint density at radius 2 is 1.86 bits per heavy atom. The quantitative estimate of drug-likeness (QED) is 0.817. The van der Waals surface area contributed by atoms with Gasteiger partial charge in [-0.2, -0.15) is 0 Å². The minimum absolute atomic E-state index is 0.536. The van der Waals surface area contributed by atoms with Gasteiger partial charge in [0.15, 0.2) is 0 Å². The number of halogens is 1. The van der Waals surface area contributed by atoms with Crippen molar-refractivity contribution < 1.29 is 4.74 Å². The van der Waals surface area contributed by atoms with Crippen molar-refractivity contribution in [3.63, 3.8) is 0 Å². The Morgan fingerprint density at radius 1 is 1.10 bits per heavy atom. The van der Waals surface area contributed by atoms with E-state index in [1.807, 2.05) is 30.3 Å². The summed E-state index contributed by atoms with van der Waals surface area (Å²) in [4.78, 5) is 4.53. The van der Waals surface area contributed by atoms with Crippen LogP contribution in [-0.4, -0.2) is 11.5 Å². The minimum Gasteiger partial charge on any atom is -0.473 e.